The summed E-state index contributed by atoms with van der Waals surface area (Å²) in [4.78, 5) is 28.6. The molecule has 27 heavy (non-hydrogen) atoms. The molecule has 1 aliphatic heterocycles. The van der Waals surface area contributed by atoms with E-state index in [2.05, 4.69) is 10.2 Å². The van der Waals surface area contributed by atoms with E-state index in [-0.39, 0.29) is 12.6 Å². The highest BCUT2D eigenvalue weighted by atomic mass is 35.5. The predicted molar refractivity (Wildman–Crippen MR) is 107 cm³/mol. The first-order valence-electron chi connectivity index (χ1n) is 8.91. The van der Waals surface area contributed by atoms with Gasteiger partial charge in [-0.15, -0.1) is 0 Å². The van der Waals surface area contributed by atoms with Crippen molar-refractivity contribution in [3.8, 4) is 0 Å². The monoisotopic (exact) mass is 387 g/mol. The van der Waals surface area contributed by atoms with Gasteiger partial charge >= 0.3 is 12.0 Å². The average molecular weight is 388 g/mol. The molecule has 7 heteroatoms. The van der Waals surface area contributed by atoms with E-state index in [4.69, 9.17) is 16.3 Å². The lowest BCUT2D eigenvalue weighted by Crippen LogP contribution is -2.50. The zero-order valence-electron chi connectivity index (χ0n) is 15.2. The molecule has 0 atom stereocenters. The zero-order chi connectivity index (χ0) is 19.2. The van der Waals surface area contributed by atoms with Gasteiger partial charge in [0.05, 0.1) is 17.9 Å². The second kappa shape index (κ2) is 8.77. The predicted octanol–water partition coefficient (Wildman–Crippen LogP) is 3.87. The third-order valence-electron chi connectivity index (χ3n) is 4.42. The van der Waals surface area contributed by atoms with Gasteiger partial charge in [0.25, 0.3) is 0 Å². The second-order valence-corrected chi connectivity index (χ2v) is 6.58. The summed E-state index contributed by atoms with van der Waals surface area (Å²) >= 11 is 5.93. The van der Waals surface area contributed by atoms with Gasteiger partial charge in [-0.2, -0.15) is 0 Å². The molecule has 1 N–H and O–H groups in total. The molecule has 2 amide bonds. The Bertz CT molecular complexity index is 802. The van der Waals surface area contributed by atoms with Crippen LogP contribution in [0.1, 0.15) is 17.3 Å². The van der Waals surface area contributed by atoms with Crippen LogP contribution in [-0.4, -0.2) is 49.7 Å². The van der Waals surface area contributed by atoms with Crippen LogP contribution in [0.15, 0.2) is 48.5 Å². The lowest BCUT2D eigenvalue weighted by atomic mass is 10.2. The highest BCUT2D eigenvalue weighted by Crippen LogP contribution is 2.21. The van der Waals surface area contributed by atoms with Gasteiger partial charge < -0.3 is 19.9 Å². The average Bonchev–Trinajstić information content (AvgIpc) is 2.69. The van der Waals surface area contributed by atoms with Crippen molar-refractivity contribution in [3.05, 3.63) is 59.1 Å². The number of benzene rings is 2. The number of carbonyl (C=O) groups excluding carboxylic acids is 2. The number of halogens is 1. The maximum Gasteiger partial charge on any atom is 0.340 e. The maximum atomic E-state index is 12.6. The molecular weight excluding hydrogens is 366 g/mol. The molecule has 3 rings (SSSR count). The van der Waals surface area contributed by atoms with Crippen LogP contribution in [-0.2, 0) is 4.74 Å². The normalized spacial score (nSPS) is 14.0. The number of para-hydroxylation sites is 1. The molecule has 0 radical (unpaired) electrons. The number of hydrogen-bond acceptors (Lipinski definition) is 4. The summed E-state index contributed by atoms with van der Waals surface area (Å²) in [6.45, 7) is 4.68. The van der Waals surface area contributed by atoms with E-state index in [1.54, 1.807) is 36.1 Å². The molecule has 0 aromatic heterocycles. The Kier molecular flexibility index (Phi) is 6.19. The molecule has 0 aliphatic carbocycles. The van der Waals surface area contributed by atoms with Crippen molar-refractivity contribution in [2.45, 2.75) is 6.92 Å². The smallest absolute Gasteiger partial charge is 0.340 e. The molecule has 1 heterocycles. The van der Waals surface area contributed by atoms with E-state index in [0.717, 1.165) is 18.8 Å². The number of carbonyl (C=O) groups is 2. The highest BCUT2D eigenvalue weighted by Gasteiger charge is 2.22. The number of rotatable bonds is 4. The lowest BCUT2D eigenvalue weighted by molar-refractivity contribution is 0.0527. The largest absolute Gasteiger partial charge is 0.462 e. The number of amides is 2. The van der Waals surface area contributed by atoms with Gasteiger partial charge in [0.2, 0.25) is 0 Å². The van der Waals surface area contributed by atoms with Crippen LogP contribution in [0.3, 0.4) is 0 Å². The third-order valence-corrected chi connectivity index (χ3v) is 4.67. The number of urea groups is 1. The Labute approximate surface area is 163 Å². The molecule has 2 aromatic rings. The summed E-state index contributed by atoms with van der Waals surface area (Å²) < 4.78 is 5.05. The highest BCUT2D eigenvalue weighted by molar-refractivity contribution is 6.30. The maximum absolute atomic E-state index is 12.6. The number of piperazine rings is 1. The fraction of sp³-hybridized carbons (Fsp3) is 0.300. The van der Waals surface area contributed by atoms with Crippen LogP contribution in [0.4, 0.5) is 16.2 Å². The molecule has 1 fully saturated rings. The van der Waals surface area contributed by atoms with E-state index in [1.165, 1.54) is 0 Å². The number of ether oxygens (including phenoxy) is 1. The molecule has 1 saturated heterocycles. The number of hydrogen-bond donors (Lipinski definition) is 1. The molecule has 0 saturated carbocycles. The molecule has 1 aliphatic rings. The Morgan fingerprint density at radius 2 is 1.70 bits per heavy atom. The second-order valence-electron chi connectivity index (χ2n) is 6.15. The minimum absolute atomic E-state index is 0.220. The van der Waals surface area contributed by atoms with Crippen molar-refractivity contribution >= 4 is 35.0 Å². The van der Waals surface area contributed by atoms with Crippen LogP contribution in [0.25, 0.3) is 0 Å². The van der Waals surface area contributed by atoms with E-state index in [9.17, 15) is 9.59 Å². The van der Waals surface area contributed by atoms with Crippen molar-refractivity contribution in [2.75, 3.05) is 43.0 Å². The van der Waals surface area contributed by atoms with Crippen molar-refractivity contribution in [3.63, 3.8) is 0 Å². The molecule has 2 aromatic carbocycles. The minimum atomic E-state index is -0.444. The Morgan fingerprint density at radius 1 is 1.04 bits per heavy atom. The number of nitrogens with one attached hydrogen (secondary N) is 1. The fourth-order valence-corrected chi connectivity index (χ4v) is 3.12. The molecule has 0 bridgehead atoms. The van der Waals surface area contributed by atoms with Crippen LogP contribution in [0, 0.1) is 0 Å². The van der Waals surface area contributed by atoms with Gasteiger partial charge in [-0.25, -0.2) is 9.59 Å². The van der Waals surface area contributed by atoms with E-state index in [0.29, 0.717) is 29.4 Å². The number of nitrogens with zero attached hydrogens (tertiary/aromatic N) is 2. The first kappa shape index (κ1) is 19.0. The molecule has 0 unspecified atom stereocenters. The van der Waals surface area contributed by atoms with Crippen LogP contribution >= 0.6 is 11.6 Å². The fourth-order valence-electron chi connectivity index (χ4n) is 2.99. The Balaban J connectivity index is 1.60. The summed E-state index contributed by atoms with van der Waals surface area (Å²) in [5.41, 5.74) is 1.90. The van der Waals surface area contributed by atoms with Crippen LogP contribution in [0.5, 0.6) is 0 Å². The first-order valence-corrected chi connectivity index (χ1v) is 9.29. The lowest BCUT2D eigenvalue weighted by Gasteiger charge is -2.36. The summed E-state index contributed by atoms with van der Waals surface area (Å²) in [5.74, 6) is -0.444. The summed E-state index contributed by atoms with van der Waals surface area (Å²) in [7, 11) is 0. The van der Waals surface area contributed by atoms with E-state index < -0.39 is 5.97 Å². The quantitative estimate of drug-likeness (QED) is 0.809. The van der Waals surface area contributed by atoms with Crippen molar-refractivity contribution in [1.82, 2.24) is 4.90 Å². The molecule has 142 valence electrons. The van der Waals surface area contributed by atoms with E-state index >= 15 is 0 Å². The minimum Gasteiger partial charge on any atom is -0.462 e. The standard InChI is InChI=1S/C20H22ClN3O3/c1-2-27-19(25)17-5-3-4-6-18(17)22-20(26)24-13-11-23(12-14-24)16-9-7-15(21)8-10-16/h3-10H,2,11-14H2,1H3,(H,22,26). The van der Waals surface area contributed by atoms with Gasteiger partial charge in [0.15, 0.2) is 0 Å². The van der Waals surface area contributed by atoms with Gasteiger partial charge in [0, 0.05) is 36.9 Å². The molecule has 0 spiro atoms. The van der Waals surface area contributed by atoms with Crippen molar-refractivity contribution in [2.24, 2.45) is 0 Å². The Hall–Kier alpha value is -2.73. The number of esters is 1. The number of anilines is 2. The van der Waals surface area contributed by atoms with Gasteiger partial charge in [0.1, 0.15) is 0 Å². The van der Waals surface area contributed by atoms with Crippen LogP contribution < -0.4 is 10.2 Å². The van der Waals surface area contributed by atoms with Crippen molar-refractivity contribution in [1.29, 1.82) is 0 Å². The third kappa shape index (κ3) is 4.71. The summed E-state index contributed by atoms with van der Waals surface area (Å²) in [5, 5.41) is 3.54. The molecule has 6 nitrogen and oxygen atoms in total. The van der Waals surface area contributed by atoms with Gasteiger partial charge in [-0.1, -0.05) is 23.7 Å². The van der Waals surface area contributed by atoms with Gasteiger partial charge in [-0.05, 0) is 43.3 Å². The van der Waals surface area contributed by atoms with E-state index in [1.807, 2.05) is 24.3 Å². The summed E-state index contributed by atoms with van der Waals surface area (Å²) in [6.07, 6.45) is 0. The first-order chi connectivity index (χ1) is 13.1. The van der Waals surface area contributed by atoms with Crippen molar-refractivity contribution < 1.29 is 14.3 Å². The Morgan fingerprint density at radius 3 is 2.37 bits per heavy atom. The topological polar surface area (TPSA) is 61.9 Å². The summed E-state index contributed by atoms with van der Waals surface area (Å²) in [6, 6.07) is 14.3. The van der Waals surface area contributed by atoms with Crippen LogP contribution in [0.2, 0.25) is 5.02 Å². The SMILES string of the molecule is CCOC(=O)c1ccccc1NC(=O)N1CCN(c2ccc(Cl)cc2)CC1. The zero-order valence-corrected chi connectivity index (χ0v) is 15.9. The molecular formula is C20H22ClN3O3. The van der Waals surface area contributed by atoms with Gasteiger partial charge in [-0.3, -0.25) is 0 Å².